The predicted molar refractivity (Wildman–Crippen MR) is 68.0 cm³/mol. The van der Waals surface area contributed by atoms with Gasteiger partial charge in [-0.15, -0.1) is 10.2 Å². The van der Waals surface area contributed by atoms with Gasteiger partial charge in [-0.05, 0) is 12.1 Å². The maximum Gasteiger partial charge on any atom is 0.298 e. The molecule has 7 nitrogen and oxygen atoms in total. The average Bonchev–Trinajstić information content (AvgIpc) is 2.41. The van der Waals surface area contributed by atoms with Crippen molar-refractivity contribution in [2.24, 2.45) is 0 Å². The number of hydrogen-bond acceptors (Lipinski definition) is 5. The minimum absolute atomic E-state index is 0.0329. The number of hydrogen-bond donors (Lipinski definition) is 1. The molecule has 1 aromatic carbocycles. The van der Waals surface area contributed by atoms with Crippen LogP contribution in [0.3, 0.4) is 0 Å². The number of aromatic nitrogens is 2. The normalized spacial score (nSPS) is 10.2. The zero-order chi connectivity index (χ0) is 15.6. The second-order valence-corrected chi connectivity index (χ2v) is 4.12. The van der Waals surface area contributed by atoms with Crippen molar-refractivity contribution in [3.05, 3.63) is 56.9 Å². The molecule has 0 aliphatic carbocycles. The number of amides is 1. The summed E-state index contributed by atoms with van der Waals surface area (Å²) in [6, 6.07) is 3.36. The lowest BCUT2D eigenvalue weighted by Gasteiger charge is -2.06. The summed E-state index contributed by atoms with van der Waals surface area (Å²) < 4.78 is 26.6. The van der Waals surface area contributed by atoms with Crippen LogP contribution in [0, 0.1) is 21.7 Å². The summed E-state index contributed by atoms with van der Waals surface area (Å²) in [7, 11) is 0. The van der Waals surface area contributed by atoms with Gasteiger partial charge in [-0.2, -0.15) is 0 Å². The first-order chi connectivity index (χ1) is 9.88. The SMILES string of the molecule is O=C(Nc1c(F)cc(F)cc1[N+](=O)[O-])c1ccc(Cl)nn1. The molecule has 10 heteroatoms. The summed E-state index contributed by atoms with van der Waals surface area (Å²) in [6.45, 7) is 0. The molecular formula is C11H5ClF2N4O3. The lowest BCUT2D eigenvalue weighted by molar-refractivity contribution is -0.384. The van der Waals surface area contributed by atoms with Crippen LogP contribution >= 0.6 is 11.6 Å². The summed E-state index contributed by atoms with van der Waals surface area (Å²) >= 11 is 5.49. The van der Waals surface area contributed by atoms with Crippen molar-refractivity contribution in [2.45, 2.75) is 0 Å². The summed E-state index contributed by atoms with van der Waals surface area (Å²) in [6.07, 6.45) is 0. The molecular weight excluding hydrogens is 310 g/mol. The Balaban J connectivity index is 2.37. The van der Waals surface area contributed by atoms with Gasteiger partial charge in [-0.25, -0.2) is 8.78 Å². The van der Waals surface area contributed by atoms with E-state index in [1.807, 2.05) is 5.32 Å². The first kappa shape index (κ1) is 14.7. The van der Waals surface area contributed by atoms with Crippen molar-refractivity contribution in [3.63, 3.8) is 0 Å². The molecule has 2 rings (SSSR count). The molecule has 0 saturated carbocycles. The highest BCUT2D eigenvalue weighted by molar-refractivity contribution is 6.29. The highest BCUT2D eigenvalue weighted by Crippen LogP contribution is 2.28. The molecule has 2 aromatic rings. The Kier molecular flexibility index (Phi) is 4.03. The lowest BCUT2D eigenvalue weighted by Crippen LogP contribution is -2.16. The minimum atomic E-state index is -1.28. The van der Waals surface area contributed by atoms with Crippen molar-refractivity contribution in [1.82, 2.24) is 10.2 Å². The summed E-state index contributed by atoms with van der Waals surface area (Å²) in [5.74, 6) is -3.37. The number of carbonyl (C=O) groups is 1. The highest BCUT2D eigenvalue weighted by atomic mass is 35.5. The van der Waals surface area contributed by atoms with Crippen LogP contribution < -0.4 is 5.32 Å². The van der Waals surface area contributed by atoms with Gasteiger partial charge in [0.25, 0.3) is 11.6 Å². The zero-order valence-corrected chi connectivity index (χ0v) is 10.8. The van der Waals surface area contributed by atoms with E-state index in [0.717, 1.165) is 0 Å². The van der Waals surface area contributed by atoms with E-state index in [-0.39, 0.29) is 10.8 Å². The number of rotatable bonds is 3. The van der Waals surface area contributed by atoms with Crippen molar-refractivity contribution in [1.29, 1.82) is 0 Å². The van der Waals surface area contributed by atoms with E-state index in [1.54, 1.807) is 0 Å². The van der Waals surface area contributed by atoms with Crippen molar-refractivity contribution >= 4 is 28.9 Å². The van der Waals surface area contributed by atoms with E-state index < -0.39 is 33.8 Å². The third-order valence-electron chi connectivity index (χ3n) is 2.33. The maximum absolute atomic E-state index is 13.6. The van der Waals surface area contributed by atoms with Crippen LogP contribution in [0.15, 0.2) is 24.3 Å². The molecule has 0 bridgehead atoms. The number of nitrogens with zero attached hydrogens (tertiary/aromatic N) is 3. The number of anilines is 1. The van der Waals surface area contributed by atoms with E-state index in [0.29, 0.717) is 12.1 Å². The van der Waals surface area contributed by atoms with Crippen LogP contribution in [0.5, 0.6) is 0 Å². The standard InChI is InChI=1S/C11H5ClF2N4O3/c12-9-2-1-7(16-17-9)11(19)15-10-6(14)3-5(13)4-8(10)18(20)21/h1-4H,(H,15,19). The predicted octanol–water partition coefficient (Wildman–Crippen LogP) is 2.57. The van der Waals surface area contributed by atoms with Crippen molar-refractivity contribution < 1.29 is 18.5 Å². The van der Waals surface area contributed by atoms with Crippen LogP contribution in [-0.2, 0) is 0 Å². The molecule has 108 valence electrons. The molecule has 0 saturated heterocycles. The van der Waals surface area contributed by atoms with E-state index in [1.165, 1.54) is 12.1 Å². The van der Waals surface area contributed by atoms with Gasteiger partial charge in [0.2, 0.25) is 0 Å². The largest absolute Gasteiger partial charge is 0.312 e. The first-order valence-corrected chi connectivity index (χ1v) is 5.70. The van der Waals surface area contributed by atoms with E-state index >= 15 is 0 Å². The van der Waals surface area contributed by atoms with Crippen LogP contribution in [0.1, 0.15) is 10.5 Å². The number of halogens is 3. The number of nitro benzene ring substituents is 1. The fraction of sp³-hybridized carbons (Fsp3) is 0. The molecule has 21 heavy (non-hydrogen) atoms. The fourth-order valence-corrected chi connectivity index (χ4v) is 1.54. The van der Waals surface area contributed by atoms with Crippen LogP contribution in [0.2, 0.25) is 5.15 Å². The summed E-state index contributed by atoms with van der Waals surface area (Å²) in [5.41, 5.74) is -1.91. The quantitative estimate of drug-likeness (QED) is 0.693. The molecule has 0 spiro atoms. The van der Waals surface area contributed by atoms with Gasteiger partial charge in [0.05, 0.1) is 11.0 Å². The maximum atomic E-state index is 13.6. The van der Waals surface area contributed by atoms with Gasteiger partial charge in [0.1, 0.15) is 5.82 Å². The summed E-state index contributed by atoms with van der Waals surface area (Å²) in [4.78, 5) is 21.5. The average molecular weight is 315 g/mol. The van der Waals surface area contributed by atoms with Gasteiger partial charge < -0.3 is 5.32 Å². The van der Waals surface area contributed by atoms with E-state index in [2.05, 4.69) is 10.2 Å². The second-order valence-electron chi connectivity index (χ2n) is 3.73. The molecule has 0 radical (unpaired) electrons. The summed E-state index contributed by atoms with van der Waals surface area (Å²) in [5, 5.41) is 19.6. The molecule has 1 aromatic heterocycles. The molecule has 1 heterocycles. The monoisotopic (exact) mass is 314 g/mol. The smallest absolute Gasteiger partial charge is 0.298 e. The molecule has 1 amide bonds. The Hall–Kier alpha value is -2.68. The van der Waals surface area contributed by atoms with Crippen molar-refractivity contribution in [3.8, 4) is 0 Å². The van der Waals surface area contributed by atoms with Gasteiger partial charge in [-0.1, -0.05) is 11.6 Å². The molecule has 1 N–H and O–H groups in total. The van der Waals surface area contributed by atoms with E-state index in [9.17, 15) is 23.7 Å². The number of benzene rings is 1. The Morgan fingerprint density at radius 3 is 2.57 bits per heavy atom. The molecule has 0 fully saturated rings. The number of nitrogens with one attached hydrogen (secondary N) is 1. The minimum Gasteiger partial charge on any atom is -0.312 e. The third kappa shape index (κ3) is 3.26. The Labute approximate surface area is 120 Å². The lowest BCUT2D eigenvalue weighted by atomic mass is 10.2. The Morgan fingerprint density at radius 2 is 2.00 bits per heavy atom. The van der Waals surface area contributed by atoms with Crippen LogP contribution in [-0.4, -0.2) is 21.0 Å². The van der Waals surface area contributed by atoms with Gasteiger partial charge in [0.15, 0.2) is 22.4 Å². The topological polar surface area (TPSA) is 98.0 Å². The highest BCUT2D eigenvalue weighted by Gasteiger charge is 2.23. The number of carbonyl (C=O) groups excluding carboxylic acids is 1. The molecule has 0 aliphatic heterocycles. The molecule has 0 unspecified atom stereocenters. The Bertz CT molecular complexity index is 724. The van der Waals surface area contributed by atoms with Gasteiger partial charge in [-0.3, -0.25) is 14.9 Å². The first-order valence-electron chi connectivity index (χ1n) is 5.32. The Morgan fingerprint density at radius 1 is 1.29 bits per heavy atom. The van der Waals surface area contributed by atoms with Gasteiger partial charge >= 0.3 is 0 Å². The van der Waals surface area contributed by atoms with Crippen LogP contribution in [0.4, 0.5) is 20.2 Å². The molecule has 0 atom stereocenters. The van der Waals surface area contributed by atoms with E-state index in [4.69, 9.17) is 11.6 Å². The number of nitro groups is 1. The third-order valence-corrected chi connectivity index (χ3v) is 2.54. The fourth-order valence-electron chi connectivity index (χ4n) is 1.44. The van der Waals surface area contributed by atoms with Crippen LogP contribution in [0.25, 0.3) is 0 Å². The van der Waals surface area contributed by atoms with Gasteiger partial charge in [0, 0.05) is 6.07 Å². The second kappa shape index (κ2) is 5.75. The van der Waals surface area contributed by atoms with Crippen molar-refractivity contribution in [2.75, 3.05) is 5.32 Å². The molecule has 0 aliphatic rings. The zero-order valence-electron chi connectivity index (χ0n) is 10.0.